The number of aromatic amines is 1. The van der Waals surface area contributed by atoms with Crippen LogP contribution >= 0.6 is 15.9 Å². The van der Waals surface area contributed by atoms with Gasteiger partial charge in [-0.2, -0.15) is 0 Å². The minimum atomic E-state index is -2.82. The fourth-order valence-electron chi connectivity index (χ4n) is 0.639. The van der Waals surface area contributed by atoms with Crippen molar-refractivity contribution in [2.45, 2.75) is 6.43 Å². The first-order valence-corrected chi connectivity index (χ1v) is 3.65. The minimum absolute atomic E-state index is 0.285. The van der Waals surface area contributed by atoms with Crippen LogP contribution in [0.3, 0.4) is 0 Å². The summed E-state index contributed by atoms with van der Waals surface area (Å²) in [5.74, 6) is -0.321. The van der Waals surface area contributed by atoms with E-state index >= 15 is 0 Å². The summed E-state index contributed by atoms with van der Waals surface area (Å²) in [6.07, 6.45) is -2.82. The average Bonchev–Trinajstić information content (AvgIpc) is 1.96. The number of alkyl halides is 2. The molecule has 1 aromatic rings. The van der Waals surface area contributed by atoms with Crippen molar-refractivity contribution in [3.8, 4) is 0 Å². The SMILES string of the molecule is Nc1nc(C(F)F)c(Br)c(=O)[nH]1. The van der Waals surface area contributed by atoms with Gasteiger partial charge in [0.1, 0.15) is 10.2 Å². The molecule has 0 aliphatic carbocycles. The number of rotatable bonds is 1. The maximum Gasteiger partial charge on any atom is 0.281 e. The Hall–Kier alpha value is -0.980. The van der Waals surface area contributed by atoms with Gasteiger partial charge < -0.3 is 5.73 Å². The van der Waals surface area contributed by atoms with Crippen LogP contribution in [0, 0.1) is 0 Å². The normalized spacial score (nSPS) is 10.7. The third-order valence-corrected chi connectivity index (χ3v) is 1.88. The van der Waals surface area contributed by atoms with E-state index in [1.807, 2.05) is 0 Å². The van der Waals surface area contributed by atoms with Gasteiger partial charge in [-0.25, -0.2) is 13.8 Å². The molecule has 12 heavy (non-hydrogen) atoms. The van der Waals surface area contributed by atoms with E-state index in [0.29, 0.717) is 0 Å². The van der Waals surface area contributed by atoms with Crippen molar-refractivity contribution < 1.29 is 8.78 Å². The summed E-state index contributed by atoms with van der Waals surface area (Å²) in [6.45, 7) is 0. The van der Waals surface area contributed by atoms with Crippen LogP contribution in [0.15, 0.2) is 9.27 Å². The Morgan fingerprint density at radius 2 is 2.17 bits per heavy atom. The number of nitrogen functional groups attached to an aromatic ring is 1. The second-order valence-corrected chi connectivity index (χ2v) is 2.74. The Balaban J connectivity index is 3.38. The third-order valence-electron chi connectivity index (χ3n) is 1.11. The lowest BCUT2D eigenvalue weighted by Gasteiger charge is -2.01. The van der Waals surface area contributed by atoms with Gasteiger partial charge in [-0.15, -0.1) is 0 Å². The van der Waals surface area contributed by atoms with E-state index in [4.69, 9.17) is 5.73 Å². The quantitative estimate of drug-likeness (QED) is 0.770. The van der Waals surface area contributed by atoms with Crippen molar-refractivity contribution in [2.75, 3.05) is 5.73 Å². The lowest BCUT2D eigenvalue weighted by Crippen LogP contribution is -2.15. The Labute approximate surface area is 73.9 Å². The van der Waals surface area contributed by atoms with Crippen LogP contribution in [0.1, 0.15) is 12.1 Å². The van der Waals surface area contributed by atoms with Gasteiger partial charge in [-0.3, -0.25) is 9.78 Å². The number of hydrogen-bond acceptors (Lipinski definition) is 3. The van der Waals surface area contributed by atoms with Crippen LogP contribution in [0.4, 0.5) is 14.7 Å². The van der Waals surface area contributed by atoms with E-state index in [0.717, 1.165) is 0 Å². The van der Waals surface area contributed by atoms with Crippen molar-refractivity contribution >= 4 is 21.9 Å². The first kappa shape index (κ1) is 9.11. The molecule has 0 atom stereocenters. The molecule has 7 heteroatoms. The van der Waals surface area contributed by atoms with Crippen LogP contribution in [0.5, 0.6) is 0 Å². The molecule has 1 rings (SSSR count). The average molecular weight is 240 g/mol. The molecule has 1 aromatic heterocycles. The molecule has 0 unspecified atom stereocenters. The molecule has 0 amide bonds. The molecule has 0 bridgehead atoms. The smallest absolute Gasteiger partial charge is 0.281 e. The largest absolute Gasteiger partial charge is 0.369 e. The monoisotopic (exact) mass is 239 g/mol. The van der Waals surface area contributed by atoms with Crippen LogP contribution in [-0.2, 0) is 0 Å². The number of nitrogens with zero attached hydrogens (tertiary/aromatic N) is 1. The number of H-pyrrole nitrogens is 1. The van der Waals surface area contributed by atoms with Crippen molar-refractivity contribution in [1.82, 2.24) is 9.97 Å². The summed E-state index contributed by atoms with van der Waals surface area (Å²) >= 11 is 2.67. The Morgan fingerprint density at radius 3 is 2.67 bits per heavy atom. The van der Waals surface area contributed by atoms with E-state index in [1.54, 1.807) is 0 Å². The summed E-state index contributed by atoms with van der Waals surface area (Å²) in [4.78, 5) is 16.1. The van der Waals surface area contributed by atoms with Gasteiger partial charge in [-0.1, -0.05) is 0 Å². The van der Waals surface area contributed by atoms with E-state index in [1.165, 1.54) is 0 Å². The van der Waals surface area contributed by atoms with Gasteiger partial charge in [0.2, 0.25) is 5.95 Å². The molecule has 0 aliphatic rings. The molecule has 0 aliphatic heterocycles. The summed E-state index contributed by atoms with van der Waals surface area (Å²) in [5.41, 5.74) is 3.69. The first-order valence-electron chi connectivity index (χ1n) is 2.85. The zero-order valence-corrected chi connectivity index (χ0v) is 7.23. The van der Waals surface area contributed by atoms with Gasteiger partial charge in [0.15, 0.2) is 0 Å². The minimum Gasteiger partial charge on any atom is -0.369 e. The fourth-order valence-corrected chi connectivity index (χ4v) is 1.000. The van der Waals surface area contributed by atoms with Crippen LogP contribution in [0.25, 0.3) is 0 Å². The molecule has 0 aromatic carbocycles. The molecule has 4 nitrogen and oxygen atoms in total. The molecule has 0 saturated carbocycles. The third kappa shape index (κ3) is 1.60. The molecule has 3 N–H and O–H groups in total. The fraction of sp³-hybridized carbons (Fsp3) is 0.200. The van der Waals surface area contributed by atoms with E-state index in [9.17, 15) is 13.6 Å². The van der Waals surface area contributed by atoms with Gasteiger partial charge in [-0.05, 0) is 15.9 Å². The standard InChI is InChI=1S/C5H4BrF2N3O/c6-1-2(3(7)8)10-5(9)11-4(1)12/h3H,(H3,9,10,11,12). The molecular weight excluding hydrogens is 236 g/mol. The molecule has 0 spiro atoms. The Kier molecular flexibility index (Phi) is 2.41. The summed E-state index contributed by atoms with van der Waals surface area (Å²) < 4.78 is 23.9. The lowest BCUT2D eigenvalue weighted by molar-refractivity contribution is 0.145. The Morgan fingerprint density at radius 1 is 1.58 bits per heavy atom. The highest BCUT2D eigenvalue weighted by atomic mass is 79.9. The van der Waals surface area contributed by atoms with Gasteiger partial charge in [0.25, 0.3) is 12.0 Å². The van der Waals surface area contributed by atoms with E-state index < -0.39 is 17.7 Å². The van der Waals surface area contributed by atoms with Crippen molar-refractivity contribution in [1.29, 1.82) is 0 Å². The molecular formula is C5H4BrF2N3O. The van der Waals surface area contributed by atoms with Crippen LogP contribution in [-0.4, -0.2) is 9.97 Å². The van der Waals surface area contributed by atoms with Crippen molar-refractivity contribution in [3.05, 3.63) is 20.5 Å². The number of hydrogen-bond donors (Lipinski definition) is 2. The Bertz CT molecular complexity index is 351. The van der Waals surface area contributed by atoms with Gasteiger partial charge in [0.05, 0.1) is 0 Å². The maximum absolute atomic E-state index is 12.1. The highest BCUT2D eigenvalue weighted by molar-refractivity contribution is 9.10. The number of nitrogens with two attached hydrogens (primary N) is 1. The van der Waals surface area contributed by atoms with Crippen LogP contribution in [0.2, 0.25) is 0 Å². The molecule has 0 fully saturated rings. The van der Waals surface area contributed by atoms with Crippen molar-refractivity contribution in [3.63, 3.8) is 0 Å². The topological polar surface area (TPSA) is 71.8 Å². The summed E-state index contributed by atoms with van der Waals surface area (Å²) in [5, 5.41) is 0. The number of halogens is 3. The predicted octanol–water partition coefficient (Wildman–Crippen LogP) is 1.05. The van der Waals surface area contributed by atoms with E-state index in [2.05, 4.69) is 25.9 Å². The number of aromatic nitrogens is 2. The predicted molar refractivity (Wildman–Crippen MR) is 41.9 cm³/mol. The summed E-state index contributed by atoms with van der Waals surface area (Å²) in [7, 11) is 0. The first-order chi connectivity index (χ1) is 5.52. The zero-order chi connectivity index (χ0) is 9.30. The molecule has 1 heterocycles. The van der Waals surface area contributed by atoms with Gasteiger partial charge in [0, 0.05) is 0 Å². The second-order valence-electron chi connectivity index (χ2n) is 1.95. The highest BCUT2D eigenvalue weighted by Crippen LogP contribution is 2.22. The molecule has 66 valence electrons. The van der Waals surface area contributed by atoms with E-state index in [-0.39, 0.29) is 10.4 Å². The zero-order valence-electron chi connectivity index (χ0n) is 5.64. The van der Waals surface area contributed by atoms with Crippen LogP contribution < -0.4 is 11.3 Å². The van der Waals surface area contributed by atoms with Gasteiger partial charge >= 0.3 is 0 Å². The van der Waals surface area contributed by atoms with Crippen molar-refractivity contribution in [2.24, 2.45) is 0 Å². The second kappa shape index (κ2) is 3.18. The summed E-state index contributed by atoms with van der Waals surface area (Å²) in [6, 6.07) is 0. The highest BCUT2D eigenvalue weighted by Gasteiger charge is 2.16. The maximum atomic E-state index is 12.1. The number of anilines is 1. The molecule has 0 saturated heterocycles. The molecule has 0 radical (unpaired) electrons. The number of nitrogens with one attached hydrogen (secondary N) is 1. The lowest BCUT2D eigenvalue weighted by atomic mass is 10.4.